The third-order valence-electron chi connectivity index (χ3n) is 4.33. The van der Waals surface area contributed by atoms with E-state index in [1.54, 1.807) is 6.07 Å². The molecule has 1 aromatic carbocycles. The molecule has 0 radical (unpaired) electrons. The number of benzene rings is 1. The van der Waals surface area contributed by atoms with Crippen molar-refractivity contribution in [3.63, 3.8) is 0 Å². The van der Waals surface area contributed by atoms with E-state index in [0.29, 0.717) is 29.8 Å². The lowest BCUT2D eigenvalue weighted by Gasteiger charge is -2.28. The molecule has 1 fully saturated rings. The van der Waals surface area contributed by atoms with E-state index in [2.05, 4.69) is 20.2 Å². The van der Waals surface area contributed by atoms with Gasteiger partial charge in [-0.25, -0.2) is 14.4 Å². The molecule has 1 aromatic heterocycles. The summed E-state index contributed by atoms with van der Waals surface area (Å²) in [4.78, 5) is 10.6. The van der Waals surface area contributed by atoms with Gasteiger partial charge in [0.1, 0.15) is 12.1 Å². The van der Waals surface area contributed by atoms with E-state index in [9.17, 15) is 9.50 Å². The van der Waals surface area contributed by atoms with Crippen LogP contribution in [0.25, 0.3) is 10.9 Å². The number of aromatic nitrogens is 2. The SMILES string of the molecule is COc1cc2c(NCC(O)CN3CCCCC3)ncnc2cc1F. The summed E-state index contributed by atoms with van der Waals surface area (Å²) in [5.41, 5.74) is 0.497. The van der Waals surface area contributed by atoms with Gasteiger partial charge in [0.15, 0.2) is 11.6 Å². The van der Waals surface area contributed by atoms with Crippen molar-refractivity contribution >= 4 is 16.7 Å². The zero-order valence-electron chi connectivity index (χ0n) is 13.8. The van der Waals surface area contributed by atoms with Gasteiger partial charge in [0.25, 0.3) is 0 Å². The Kier molecular flexibility index (Phi) is 5.42. The maximum absolute atomic E-state index is 13.8. The highest BCUT2D eigenvalue weighted by atomic mass is 19.1. The minimum atomic E-state index is -0.490. The Morgan fingerprint density at radius 1 is 1.29 bits per heavy atom. The lowest BCUT2D eigenvalue weighted by atomic mass is 10.1. The van der Waals surface area contributed by atoms with Gasteiger partial charge in [-0.3, -0.25) is 0 Å². The van der Waals surface area contributed by atoms with E-state index in [0.717, 1.165) is 13.1 Å². The van der Waals surface area contributed by atoms with Crippen LogP contribution in [0.2, 0.25) is 0 Å². The Hall–Kier alpha value is -1.99. The molecule has 1 aliphatic rings. The average Bonchev–Trinajstić information content (AvgIpc) is 2.60. The maximum Gasteiger partial charge on any atom is 0.167 e. The lowest BCUT2D eigenvalue weighted by molar-refractivity contribution is 0.109. The van der Waals surface area contributed by atoms with Gasteiger partial charge >= 0.3 is 0 Å². The summed E-state index contributed by atoms with van der Waals surface area (Å²) in [5.74, 6) is 0.255. The molecule has 6 nitrogen and oxygen atoms in total. The molecule has 130 valence electrons. The highest BCUT2D eigenvalue weighted by molar-refractivity contribution is 5.90. The van der Waals surface area contributed by atoms with E-state index < -0.39 is 11.9 Å². The summed E-state index contributed by atoms with van der Waals surface area (Å²) in [6.07, 6.45) is 4.56. The van der Waals surface area contributed by atoms with Crippen molar-refractivity contribution in [3.05, 3.63) is 24.3 Å². The molecular weight excluding hydrogens is 311 g/mol. The highest BCUT2D eigenvalue weighted by Crippen LogP contribution is 2.27. The number of hydrogen-bond donors (Lipinski definition) is 2. The topological polar surface area (TPSA) is 70.5 Å². The van der Waals surface area contributed by atoms with Crippen molar-refractivity contribution in [2.75, 3.05) is 38.6 Å². The zero-order valence-corrected chi connectivity index (χ0v) is 13.8. The van der Waals surface area contributed by atoms with Crippen LogP contribution in [0.1, 0.15) is 19.3 Å². The predicted octanol–water partition coefficient (Wildman–Crippen LogP) is 2.04. The van der Waals surface area contributed by atoms with Crippen molar-refractivity contribution in [3.8, 4) is 5.75 Å². The third kappa shape index (κ3) is 3.91. The molecule has 0 bridgehead atoms. The van der Waals surface area contributed by atoms with Crippen LogP contribution in [0, 0.1) is 5.82 Å². The standard InChI is InChI=1S/C17H23FN4O2/c1-24-16-7-13-15(8-14(16)18)20-11-21-17(13)19-9-12(23)10-22-5-3-2-4-6-22/h7-8,11-12,23H,2-6,9-10H2,1H3,(H,19,20,21). The fourth-order valence-electron chi connectivity index (χ4n) is 3.07. The second kappa shape index (κ2) is 7.72. The van der Waals surface area contributed by atoms with Gasteiger partial charge in [0.2, 0.25) is 0 Å². The molecule has 1 unspecified atom stereocenters. The Bertz CT molecular complexity index is 692. The number of fused-ring (bicyclic) bond motifs is 1. The quantitative estimate of drug-likeness (QED) is 0.842. The fraction of sp³-hybridized carbons (Fsp3) is 0.529. The van der Waals surface area contributed by atoms with Crippen molar-refractivity contribution in [1.29, 1.82) is 0 Å². The number of nitrogens with zero attached hydrogens (tertiary/aromatic N) is 3. The molecule has 24 heavy (non-hydrogen) atoms. The maximum atomic E-state index is 13.8. The van der Waals surface area contributed by atoms with E-state index >= 15 is 0 Å². The van der Waals surface area contributed by atoms with Crippen LogP contribution < -0.4 is 10.1 Å². The van der Waals surface area contributed by atoms with Gasteiger partial charge in [0, 0.05) is 24.5 Å². The van der Waals surface area contributed by atoms with Gasteiger partial charge in [-0.15, -0.1) is 0 Å². The molecule has 0 saturated carbocycles. The molecule has 0 aliphatic carbocycles. The Morgan fingerprint density at radius 2 is 2.08 bits per heavy atom. The minimum absolute atomic E-state index is 0.147. The molecule has 1 aliphatic heterocycles. The number of β-amino-alcohol motifs (C(OH)–C–C–N with tert-alkyl or cyclic N) is 1. The summed E-state index contributed by atoms with van der Waals surface area (Å²) in [6, 6.07) is 2.90. The summed E-state index contributed by atoms with van der Waals surface area (Å²) in [6.45, 7) is 3.12. The molecule has 1 atom stereocenters. The van der Waals surface area contributed by atoms with Crippen molar-refractivity contribution in [2.24, 2.45) is 0 Å². The second-order valence-corrected chi connectivity index (χ2v) is 6.12. The third-order valence-corrected chi connectivity index (χ3v) is 4.33. The van der Waals surface area contributed by atoms with Crippen molar-refractivity contribution < 1.29 is 14.2 Å². The number of methoxy groups -OCH3 is 1. The van der Waals surface area contributed by atoms with Crippen LogP contribution in [0.3, 0.4) is 0 Å². The molecule has 0 amide bonds. The van der Waals surface area contributed by atoms with Crippen LogP contribution >= 0.6 is 0 Å². The second-order valence-electron chi connectivity index (χ2n) is 6.12. The number of aliphatic hydroxyl groups excluding tert-OH is 1. The number of hydrogen-bond acceptors (Lipinski definition) is 6. The van der Waals surface area contributed by atoms with Gasteiger partial charge in [0.05, 0.1) is 18.7 Å². The number of aliphatic hydroxyl groups is 1. The van der Waals surface area contributed by atoms with Gasteiger partial charge in [-0.05, 0) is 32.0 Å². The summed E-state index contributed by atoms with van der Waals surface area (Å²) in [7, 11) is 1.42. The average molecular weight is 334 g/mol. The Balaban J connectivity index is 1.68. The molecule has 0 spiro atoms. The summed E-state index contributed by atoms with van der Waals surface area (Å²) in [5, 5.41) is 14.1. The summed E-state index contributed by atoms with van der Waals surface area (Å²) < 4.78 is 18.8. The normalized spacial score (nSPS) is 17.0. The van der Waals surface area contributed by atoms with Crippen molar-refractivity contribution in [1.82, 2.24) is 14.9 Å². The predicted molar refractivity (Wildman–Crippen MR) is 90.8 cm³/mol. The van der Waals surface area contributed by atoms with E-state index in [4.69, 9.17) is 4.74 Å². The van der Waals surface area contributed by atoms with E-state index in [1.807, 2.05) is 0 Å². The minimum Gasteiger partial charge on any atom is -0.494 e. The first-order valence-electron chi connectivity index (χ1n) is 8.30. The first-order chi connectivity index (χ1) is 11.7. The first-order valence-corrected chi connectivity index (χ1v) is 8.30. The number of halogens is 1. The zero-order chi connectivity index (χ0) is 16.9. The molecule has 2 N–H and O–H groups in total. The highest BCUT2D eigenvalue weighted by Gasteiger charge is 2.15. The number of piperidine rings is 1. The van der Waals surface area contributed by atoms with Crippen LogP contribution in [-0.4, -0.2) is 59.4 Å². The molecular formula is C17H23FN4O2. The number of anilines is 1. The molecule has 1 saturated heterocycles. The smallest absolute Gasteiger partial charge is 0.167 e. The Labute approximate surface area is 140 Å². The summed E-state index contributed by atoms with van der Waals surface area (Å²) >= 11 is 0. The molecule has 2 aromatic rings. The van der Waals surface area contributed by atoms with Crippen LogP contribution in [-0.2, 0) is 0 Å². The van der Waals surface area contributed by atoms with Gasteiger partial charge in [-0.2, -0.15) is 0 Å². The van der Waals surface area contributed by atoms with E-state index in [-0.39, 0.29) is 5.75 Å². The number of rotatable bonds is 6. The number of nitrogens with one attached hydrogen (secondary N) is 1. The largest absolute Gasteiger partial charge is 0.494 e. The molecule has 7 heteroatoms. The van der Waals surface area contributed by atoms with Crippen molar-refractivity contribution in [2.45, 2.75) is 25.4 Å². The first kappa shape index (κ1) is 16.9. The van der Waals surface area contributed by atoms with Crippen LogP contribution in [0.4, 0.5) is 10.2 Å². The molecule has 3 rings (SSSR count). The molecule has 2 heterocycles. The number of likely N-dealkylation sites (tertiary alicyclic amines) is 1. The monoisotopic (exact) mass is 334 g/mol. The van der Waals surface area contributed by atoms with Crippen LogP contribution in [0.5, 0.6) is 5.75 Å². The lowest BCUT2D eigenvalue weighted by Crippen LogP contribution is -2.39. The van der Waals surface area contributed by atoms with Crippen LogP contribution in [0.15, 0.2) is 18.5 Å². The fourth-order valence-corrected chi connectivity index (χ4v) is 3.07. The van der Waals surface area contributed by atoms with Gasteiger partial charge < -0.3 is 20.1 Å². The Morgan fingerprint density at radius 3 is 2.83 bits per heavy atom. The number of ether oxygens (including phenoxy) is 1. The van der Waals surface area contributed by atoms with Gasteiger partial charge in [-0.1, -0.05) is 6.42 Å². The van der Waals surface area contributed by atoms with E-state index in [1.165, 1.54) is 38.8 Å².